The summed E-state index contributed by atoms with van der Waals surface area (Å²) in [5, 5.41) is 5.14. The molecule has 2 heterocycles. The fourth-order valence-electron chi connectivity index (χ4n) is 9.12. The van der Waals surface area contributed by atoms with Crippen LogP contribution in [0.15, 0.2) is 237 Å². The van der Waals surface area contributed by atoms with E-state index >= 15 is 0 Å². The van der Waals surface area contributed by atoms with Gasteiger partial charge >= 0.3 is 0 Å². The highest BCUT2D eigenvalue weighted by molar-refractivity contribution is 7.25. The number of rotatable bonds is 8. The van der Waals surface area contributed by atoms with Crippen LogP contribution in [0.25, 0.3) is 121 Å². The molecule has 65 heavy (non-hydrogen) atoms. The lowest BCUT2D eigenvalue weighted by Gasteiger charge is -2.13. The van der Waals surface area contributed by atoms with E-state index in [0.29, 0.717) is 17.5 Å². The van der Waals surface area contributed by atoms with Gasteiger partial charge in [0.25, 0.3) is 0 Å². The molecule has 0 saturated carbocycles. The summed E-state index contributed by atoms with van der Waals surface area (Å²) in [6.07, 6.45) is 0. The molecule has 0 aliphatic carbocycles. The van der Waals surface area contributed by atoms with Crippen LogP contribution in [-0.2, 0) is 0 Å². The zero-order chi connectivity index (χ0) is 43.1. The van der Waals surface area contributed by atoms with Crippen molar-refractivity contribution in [2.24, 2.45) is 0 Å². The molecule has 304 valence electrons. The highest BCUT2D eigenvalue weighted by atomic mass is 32.1. The summed E-state index contributed by atoms with van der Waals surface area (Å²) < 4.78 is 2.64. The zero-order valence-corrected chi connectivity index (χ0v) is 36.1. The number of fused-ring (bicyclic) bond motifs is 4. The molecule has 0 aliphatic heterocycles. The van der Waals surface area contributed by atoms with Crippen LogP contribution >= 0.6 is 11.3 Å². The summed E-state index contributed by atoms with van der Waals surface area (Å²) in [6, 6.07) is 84.1. The molecule has 0 spiro atoms. The van der Waals surface area contributed by atoms with Gasteiger partial charge in [-0.2, -0.15) is 0 Å². The largest absolute Gasteiger partial charge is 0.208 e. The second-order valence-corrected chi connectivity index (χ2v) is 17.4. The van der Waals surface area contributed by atoms with Crippen molar-refractivity contribution in [1.29, 1.82) is 0 Å². The minimum absolute atomic E-state index is 0.624. The first-order chi connectivity index (χ1) is 32.2. The van der Waals surface area contributed by atoms with Crippen LogP contribution in [-0.4, -0.2) is 15.0 Å². The summed E-state index contributed by atoms with van der Waals surface area (Å²) in [7, 11) is 0. The second-order valence-electron chi connectivity index (χ2n) is 16.3. The number of hydrogen-bond acceptors (Lipinski definition) is 4. The van der Waals surface area contributed by atoms with Gasteiger partial charge in [-0.3, -0.25) is 0 Å². The van der Waals surface area contributed by atoms with E-state index in [-0.39, 0.29) is 0 Å². The normalized spacial score (nSPS) is 11.4. The van der Waals surface area contributed by atoms with Crippen molar-refractivity contribution < 1.29 is 0 Å². The van der Waals surface area contributed by atoms with Crippen LogP contribution in [0.3, 0.4) is 0 Å². The van der Waals surface area contributed by atoms with Crippen LogP contribution in [0.4, 0.5) is 0 Å². The lowest BCUT2D eigenvalue weighted by molar-refractivity contribution is 1.07. The third-order valence-electron chi connectivity index (χ3n) is 12.4. The van der Waals surface area contributed by atoms with Gasteiger partial charge in [0.1, 0.15) is 0 Å². The Labute approximate surface area is 381 Å². The molecule has 0 saturated heterocycles. The Morgan fingerprint density at radius 1 is 0.215 bits per heavy atom. The molecule has 2 aromatic heterocycles. The number of hydrogen-bond donors (Lipinski definition) is 0. The molecule has 0 N–H and O–H groups in total. The van der Waals surface area contributed by atoms with E-state index in [1.807, 2.05) is 29.5 Å². The maximum atomic E-state index is 5.16. The van der Waals surface area contributed by atoms with E-state index in [1.165, 1.54) is 53.2 Å². The van der Waals surface area contributed by atoms with Gasteiger partial charge in [0.05, 0.1) is 0 Å². The highest BCUT2D eigenvalue weighted by Crippen LogP contribution is 2.41. The Kier molecular flexibility index (Phi) is 9.70. The van der Waals surface area contributed by atoms with E-state index < -0.39 is 0 Å². The van der Waals surface area contributed by atoms with Gasteiger partial charge in [-0.15, -0.1) is 11.3 Å². The Morgan fingerprint density at radius 3 is 1.37 bits per heavy atom. The van der Waals surface area contributed by atoms with Crippen LogP contribution in [0.1, 0.15) is 0 Å². The minimum atomic E-state index is 0.624. The van der Waals surface area contributed by atoms with Gasteiger partial charge in [0, 0.05) is 36.9 Å². The van der Waals surface area contributed by atoms with Crippen LogP contribution in [0.2, 0.25) is 0 Å². The molecule has 0 aliphatic rings. The van der Waals surface area contributed by atoms with Gasteiger partial charge in [-0.05, 0) is 84.6 Å². The van der Waals surface area contributed by atoms with Crippen LogP contribution in [0, 0.1) is 0 Å². The van der Waals surface area contributed by atoms with Crippen molar-refractivity contribution >= 4 is 42.3 Å². The topological polar surface area (TPSA) is 38.7 Å². The number of nitrogens with zero attached hydrogens (tertiary/aromatic N) is 3. The summed E-state index contributed by atoms with van der Waals surface area (Å²) in [6.45, 7) is 0. The highest BCUT2D eigenvalue weighted by Gasteiger charge is 2.17. The summed E-state index contributed by atoms with van der Waals surface area (Å²) in [4.78, 5) is 15.5. The SMILES string of the molecule is c1ccc(-c2cccc(-c3nc(-c4ccc(-c5ccc(-c6ccc(-c7ccc8c(c7)sc7ccccc78)c7ccccc67)cc5)cc4)nc(-c4ccccc4-c4ccccc4)n3)c2)cc1. The lowest BCUT2D eigenvalue weighted by atomic mass is 9.91. The van der Waals surface area contributed by atoms with Crippen molar-refractivity contribution in [3.05, 3.63) is 237 Å². The number of aromatic nitrogens is 3. The van der Waals surface area contributed by atoms with Gasteiger partial charge in [-0.1, -0.05) is 218 Å². The summed E-state index contributed by atoms with van der Waals surface area (Å²) >= 11 is 1.86. The smallest absolute Gasteiger partial charge is 0.164 e. The quantitative estimate of drug-likeness (QED) is 0.153. The van der Waals surface area contributed by atoms with E-state index in [0.717, 1.165) is 50.1 Å². The predicted octanol–water partition coefficient (Wildman–Crippen LogP) is 16.7. The van der Waals surface area contributed by atoms with Gasteiger partial charge in [0.2, 0.25) is 0 Å². The Morgan fingerprint density at radius 2 is 0.662 bits per heavy atom. The first-order valence-electron chi connectivity index (χ1n) is 21.9. The molecule has 12 aromatic rings. The third-order valence-corrected chi connectivity index (χ3v) is 13.5. The second kappa shape index (κ2) is 16.4. The molecule has 10 aromatic carbocycles. The van der Waals surface area contributed by atoms with Crippen molar-refractivity contribution in [1.82, 2.24) is 15.0 Å². The molecule has 0 radical (unpaired) electrons. The number of thiophene rings is 1. The zero-order valence-electron chi connectivity index (χ0n) is 35.3. The monoisotopic (exact) mass is 845 g/mol. The Balaban J connectivity index is 0.878. The summed E-state index contributed by atoms with van der Waals surface area (Å²) in [5.41, 5.74) is 14.4. The lowest BCUT2D eigenvalue weighted by Crippen LogP contribution is -2.01. The number of benzene rings is 10. The van der Waals surface area contributed by atoms with Crippen molar-refractivity contribution in [3.8, 4) is 89.8 Å². The molecular formula is C61H39N3S. The molecule has 3 nitrogen and oxygen atoms in total. The van der Waals surface area contributed by atoms with E-state index in [9.17, 15) is 0 Å². The Hall–Kier alpha value is -8.31. The van der Waals surface area contributed by atoms with E-state index in [1.54, 1.807) is 0 Å². The van der Waals surface area contributed by atoms with Crippen molar-refractivity contribution in [2.45, 2.75) is 0 Å². The van der Waals surface area contributed by atoms with Crippen LogP contribution < -0.4 is 0 Å². The van der Waals surface area contributed by atoms with Gasteiger partial charge in [-0.25, -0.2) is 15.0 Å². The van der Waals surface area contributed by atoms with Gasteiger partial charge in [0.15, 0.2) is 17.5 Å². The molecular weight excluding hydrogens is 807 g/mol. The first-order valence-corrected chi connectivity index (χ1v) is 22.7. The average molecular weight is 846 g/mol. The molecule has 0 unspecified atom stereocenters. The summed E-state index contributed by atoms with van der Waals surface area (Å²) in [5.74, 6) is 1.88. The fraction of sp³-hybridized carbons (Fsp3) is 0. The average Bonchev–Trinajstić information content (AvgIpc) is 3.77. The molecule has 0 fully saturated rings. The molecule has 12 rings (SSSR count). The van der Waals surface area contributed by atoms with Crippen molar-refractivity contribution in [3.63, 3.8) is 0 Å². The van der Waals surface area contributed by atoms with Crippen LogP contribution in [0.5, 0.6) is 0 Å². The minimum Gasteiger partial charge on any atom is -0.208 e. The fourth-order valence-corrected chi connectivity index (χ4v) is 10.3. The molecule has 0 bridgehead atoms. The first kappa shape index (κ1) is 38.4. The molecule has 4 heteroatoms. The van der Waals surface area contributed by atoms with E-state index in [2.05, 4.69) is 218 Å². The standard InChI is InChI=1S/C61H39N3S/c1-3-14-40(15-4-1)46-18-13-19-48(38-46)60-62-59(63-61(64-60)56-24-10-7-20-49(56)43-16-5-2-6-17-43)45-32-28-42(29-33-45)41-26-30-44(31-27-41)50-36-37-51(53-22-9-8-21-52(50)53)47-34-35-55-54-23-11-12-25-57(54)65-58(55)39-47/h1-39H. The predicted molar refractivity (Wildman–Crippen MR) is 274 cm³/mol. The van der Waals surface area contributed by atoms with Crippen molar-refractivity contribution in [2.75, 3.05) is 0 Å². The Bertz CT molecular complexity index is 3690. The molecule has 0 amide bonds. The maximum Gasteiger partial charge on any atom is 0.164 e. The van der Waals surface area contributed by atoms with Gasteiger partial charge < -0.3 is 0 Å². The third kappa shape index (κ3) is 7.26. The van der Waals surface area contributed by atoms with E-state index in [4.69, 9.17) is 15.0 Å². The molecule has 0 atom stereocenters. The maximum absolute atomic E-state index is 5.16.